The second kappa shape index (κ2) is 7.27. The smallest absolute Gasteiger partial charge is 0.333 e. The van der Waals surface area contributed by atoms with Crippen molar-refractivity contribution in [3.8, 4) is 0 Å². The molecular formula is C17H18BrNO2. The van der Waals surface area contributed by atoms with Crippen LogP contribution in [0, 0.1) is 6.92 Å². The van der Waals surface area contributed by atoms with Crippen LogP contribution >= 0.6 is 15.9 Å². The lowest BCUT2D eigenvalue weighted by Gasteiger charge is -2.20. The highest BCUT2D eigenvalue weighted by Crippen LogP contribution is 2.28. The molecule has 0 aliphatic rings. The lowest BCUT2D eigenvalue weighted by atomic mass is 10.0. The van der Waals surface area contributed by atoms with Gasteiger partial charge in [-0.15, -0.1) is 0 Å². The minimum Gasteiger partial charge on any atom is -0.464 e. The largest absolute Gasteiger partial charge is 0.464 e. The van der Waals surface area contributed by atoms with Crippen LogP contribution in [0.4, 0.5) is 5.69 Å². The molecule has 0 aromatic heterocycles. The number of hydrogen-bond acceptors (Lipinski definition) is 3. The Kier molecular flexibility index (Phi) is 5.39. The zero-order valence-electron chi connectivity index (χ0n) is 12.1. The second-order valence-electron chi connectivity index (χ2n) is 4.72. The summed E-state index contributed by atoms with van der Waals surface area (Å²) in [6.45, 7) is 4.18. The lowest BCUT2D eigenvalue weighted by molar-refractivity contribution is -0.144. The second-order valence-corrected chi connectivity index (χ2v) is 5.57. The Morgan fingerprint density at radius 2 is 1.95 bits per heavy atom. The number of benzene rings is 2. The van der Waals surface area contributed by atoms with Crippen LogP contribution in [0.15, 0.2) is 53.0 Å². The maximum absolute atomic E-state index is 12.3. The van der Waals surface area contributed by atoms with E-state index in [0.717, 1.165) is 21.3 Å². The van der Waals surface area contributed by atoms with Gasteiger partial charge in [0.15, 0.2) is 6.04 Å². The SMILES string of the molecule is CCOC(=O)C(Nc1ccccc1)c1ccc(C)cc1Br. The Labute approximate surface area is 133 Å². The molecular weight excluding hydrogens is 330 g/mol. The van der Waals surface area contributed by atoms with Crippen molar-refractivity contribution in [3.05, 3.63) is 64.1 Å². The molecule has 2 aromatic carbocycles. The number of hydrogen-bond donors (Lipinski definition) is 1. The summed E-state index contributed by atoms with van der Waals surface area (Å²) < 4.78 is 6.09. The van der Waals surface area contributed by atoms with Gasteiger partial charge < -0.3 is 10.1 Å². The van der Waals surface area contributed by atoms with Crippen molar-refractivity contribution in [1.82, 2.24) is 0 Å². The van der Waals surface area contributed by atoms with Crippen LogP contribution in [0.25, 0.3) is 0 Å². The van der Waals surface area contributed by atoms with E-state index in [1.807, 2.05) is 62.4 Å². The maximum Gasteiger partial charge on any atom is 0.333 e. The van der Waals surface area contributed by atoms with Gasteiger partial charge in [-0.3, -0.25) is 0 Å². The van der Waals surface area contributed by atoms with Gasteiger partial charge in [0.05, 0.1) is 6.61 Å². The Balaban J connectivity index is 2.33. The molecule has 0 saturated carbocycles. The van der Waals surface area contributed by atoms with Crippen molar-refractivity contribution in [1.29, 1.82) is 0 Å². The molecule has 110 valence electrons. The van der Waals surface area contributed by atoms with Crippen LogP contribution < -0.4 is 5.32 Å². The third kappa shape index (κ3) is 4.08. The topological polar surface area (TPSA) is 38.3 Å². The highest BCUT2D eigenvalue weighted by atomic mass is 79.9. The number of anilines is 1. The molecule has 1 N–H and O–H groups in total. The van der Waals surface area contributed by atoms with E-state index < -0.39 is 6.04 Å². The molecule has 0 saturated heterocycles. The molecule has 0 spiro atoms. The van der Waals surface area contributed by atoms with Crippen molar-refractivity contribution in [2.75, 3.05) is 11.9 Å². The van der Waals surface area contributed by atoms with Gasteiger partial charge in [0.1, 0.15) is 0 Å². The number of carbonyl (C=O) groups is 1. The van der Waals surface area contributed by atoms with Crippen molar-refractivity contribution < 1.29 is 9.53 Å². The number of halogens is 1. The number of carbonyl (C=O) groups excluding carboxylic acids is 1. The molecule has 0 aliphatic heterocycles. The van der Waals surface area contributed by atoms with Crippen LogP contribution in [0.1, 0.15) is 24.1 Å². The monoisotopic (exact) mass is 347 g/mol. The molecule has 21 heavy (non-hydrogen) atoms. The molecule has 2 rings (SSSR count). The van der Waals surface area contributed by atoms with E-state index in [1.165, 1.54) is 0 Å². The fraction of sp³-hybridized carbons (Fsp3) is 0.235. The first-order valence-electron chi connectivity index (χ1n) is 6.86. The van der Waals surface area contributed by atoms with E-state index in [0.29, 0.717) is 6.61 Å². The Morgan fingerprint density at radius 1 is 1.24 bits per heavy atom. The Bertz CT molecular complexity index is 613. The summed E-state index contributed by atoms with van der Waals surface area (Å²) in [7, 11) is 0. The van der Waals surface area contributed by atoms with E-state index >= 15 is 0 Å². The van der Waals surface area contributed by atoms with Gasteiger partial charge in [0, 0.05) is 10.2 Å². The highest BCUT2D eigenvalue weighted by Gasteiger charge is 2.24. The van der Waals surface area contributed by atoms with Gasteiger partial charge in [-0.2, -0.15) is 0 Å². The minimum absolute atomic E-state index is 0.286. The number of esters is 1. The van der Waals surface area contributed by atoms with Gasteiger partial charge >= 0.3 is 5.97 Å². The van der Waals surface area contributed by atoms with Crippen molar-refractivity contribution in [2.45, 2.75) is 19.9 Å². The van der Waals surface area contributed by atoms with Crippen LogP contribution in [0.2, 0.25) is 0 Å². The number of rotatable bonds is 5. The van der Waals surface area contributed by atoms with Crippen molar-refractivity contribution in [2.24, 2.45) is 0 Å². The molecule has 0 heterocycles. The van der Waals surface area contributed by atoms with E-state index in [-0.39, 0.29) is 5.97 Å². The van der Waals surface area contributed by atoms with Crippen LogP contribution in [-0.4, -0.2) is 12.6 Å². The molecule has 2 aromatic rings. The molecule has 3 nitrogen and oxygen atoms in total. The quantitative estimate of drug-likeness (QED) is 0.810. The zero-order chi connectivity index (χ0) is 15.2. The lowest BCUT2D eigenvalue weighted by Crippen LogP contribution is -2.23. The van der Waals surface area contributed by atoms with Crippen LogP contribution in [0.5, 0.6) is 0 Å². The van der Waals surface area contributed by atoms with E-state index in [1.54, 1.807) is 0 Å². The van der Waals surface area contributed by atoms with Gasteiger partial charge in [-0.1, -0.05) is 46.3 Å². The summed E-state index contributed by atoms with van der Waals surface area (Å²) in [5.74, 6) is -0.286. The van der Waals surface area contributed by atoms with Gasteiger partial charge in [-0.25, -0.2) is 4.79 Å². The maximum atomic E-state index is 12.3. The first-order valence-corrected chi connectivity index (χ1v) is 7.65. The van der Waals surface area contributed by atoms with Crippen LogP contribution in [0.3, 0.4) is 0 Å². The average Bonchev–Trinajstić information content (AvgIpc) is 2.47. The summed E-state index contributed by atoms with van der Waals surface area (Å²) in [4.78, 5) is 12.3. The van der Waals surface area contributed by atoms with Gasteiger partial charge in [-0.05, 0) is 43.2 Å². The third-order valence-electron chi connectivity index (χ3n) is 3.07. The van der Waals surface area contributed by atoms with E-state index in [2.05, 4.69) is 21.2 Å². The summed E-state index contributed by atoms with van der Waals surface area (Å²) in [5, 5.41) is 3.24. The third-order valence-corrected chi connectivity index (χ3v) is 3.76. The Morgan fingerprint density at radius 3 is 2.57 bits per heavy atom. The van der Waals surface area contributed by atoms with Crippen molar-refractivity contribution >= 4 is 27.6 Å². The van der Waals surface area contributed by atoms with E-state index in [4.69, 9.17) is 4.74 Å². The molecule has 0 bridgehead atoms. The minimum atomic E-state index is -0.540. The summed E-state index contributed by atoms with van der Waals surface area (Å²) >= 11 is 3.53. The van der Waals surface area contributed by atoms with Gasteiger partial charge in [0.25, 0.3) is 0 Å². The predicted molar refractivity (Wildman–Crippen MR) is 88.3 cm³/mol. The summed E-state index contributed by atoms with van der Waals surface area (Å²) in [5.41, 5.74) is 2.87. The van der Waals surface area contributed by atoms with Crippen molar-refractivity contribution in [3.63, 3.8) is 0 Å². The molecule has 0 aliphatic carbocycles. The fourth-order valence-electron chi connectivity index (χ4n) is 2.06. The number of aryl methyl sites for hydroxylation is 1. The zero-order valence-corrected chi connectivity index (χ0v) is 13.7. The molecule has 0 amide bonds. The highest BCUT2D eigenvalue weighted by molar-refractivity contribution is 9.10. The summed E-state index contributed by atoms with van der Waals surface area (Å²) in [6, 6.07) is 15.0. The first-order chi connectivity index (χ1) is 10.1. The molecule has 1 atom stereocenters. The van der Waals surface area contributed by atoms with Crippen LogP contribution in [-0.2, 0) is 9.53 Å². The molecule has 1 unspecified atom stereocenters. The predicted octanol–water partition coefficient (Wildman–Crippen LogP) is 4.47. The Hall–Kier alpha value is -1.81. The average molecular weight is 348 g/mol. The normalized spacial score (nSPS) is 11.8. The number of ether oxygens (including phenoxy) is 1. The fourth-order valence-corrected chi connectivity index (χ4v) is 2.78. The summed E-state index contributed by atoms with van der Waals surface area (Å²) in [6.07, 6.45) is 0. The number of para-hydroxylation sites is 1. The molecule has 0 radical (unpaired) electrons. The molecule has 0 fully saturated rings. The van der Waals surface area contributed by atoms with Gasteiger partial charge in [0.2, 0.25) is 0 Å². The molecule has 4 heteroatoms. The first kappa shape index (κ1) is 15.6. The van der Waals surface area contributed by atoms with E-state index in [9.17, 15) is 4.79 Å². The number of nitrogens with one attached hydrogen (secondary N) is 1. The standard InChI is InChI=1S/C17H18BrNO2/c1-3-21-17(20)16(19-13-7-5-4-6-8-13)14-10-9-12(2)11-15(14)18/h4-11,16,19H,3H2,1-2H3.